The Balaban J connectivity index is 1.73. The van der Waals surface area contributed by atoms with Gasteiger partial charge in [0.1, 0.15) is 0 Å². The number of piperazine rings is 1. The lowest BCUT2D eigenvalue weighted by Gasteiger charge is -2.35. The minimum Gasteiger partial charge on any atom is -0.339 e. The summed E-state index contributed by atoms with van der Waals surface area (Å²) in [5, 5.41) is 0. The Hall–Kier alpha value is -1.45. The summed E-state index contributed by atoms with van der Waals surface area (Å²) in [5.74, 6) is -0.216. The van der Waals surface area contributed by atoms with Gasteiger partial charge in [0.2, 0.25) is 15.9 Å². The third kappa shape index (κ3) is 4.70. The number of amides is 2. The summed E-state index contributed by atoms with van der Waals surface area (Å²) in [6.45, 7) is 5.56. The van der Waals surface area contributed by atoms with Gasteiger partial charge in [0.15, 0.2) is 0 Å². The molecule has 1 N–H and O–H groups in total. The summed E-state index contributed by atoms with van der Waals surface area (Å²) < 4.78 is 28.0. The molecule has 0 radical (unpaired) electrons. The van der Waals surface area contributed by atoms with Gasteiger partial charge >= 0.3 is 0 Å². The average Bonchev–Trinajstić information content (AvgIpc) is 3.44. The van der Waals surface area contributed by atoms with E-state index in [1.54, 1.807) is 15.9 Å². The van der Waals surface area contributed by atoms with E-state index in [0.29, 0.717) is 36.2 Å². The van der Waals surface area contributed by atoms with Crippen molar-refractivity contribution in [3.05, 3.63) is 28.2 Å². The Morgan fingerprint density at radius 1 is 1.11 bits per heavy atom. The molecule has 0 bridgehead atoms. The van der Waals surface area contributed by atoms with Crippen molar-refractivity contribution in [3.8, 4) is 0 Å². The molecule has 27 heavy (non-hydrogen) atoms. The highest BCUT2D eigenvalue weighted by molar-refractivity contribution is 9.10. The number of rotatable bonds is 5. The largest absolute Gasteiger partial charge is 0.339 e. The van der Waals surface area contributed by atoms with Crippen molar-refractivity contribution in [2.24, 2.45) is 5.92 Å². The van der Waals surface area contributed by atoms with Gasteiger partial charge in [0.25, 0.3) is 5.91 Å². The van der Waals surface area contributed by atoms with Crippen LogP contribution in [-0.2, 0) is 14.8 Å². The maximum atomic E-state index is 12.9. The Morgan fingerprint density at radius 2 is 1.70 bits per heavy atom. The van der Waals surface area contributed by atoms with Crippen LogP contribution in [0.25, 0.3) is 0 Å². The summed E-state index contributed by atoms with van der Waals surface area (Å²) in [4.78, 5) is 28.5. The average molecular weight is 458 g/mol. The zero-order valence-corrected chi connectivity index (χ0v) is 17.8. The van der Waals surface area contributed by atoms with Gasteiger partial charge in [0, 0.05) is 42.6 Å². The normalized spacial score (nSPS) is 18.1. The maximum absolute atomic E-state index is 12.9. The molecular formula is C18H24BrN3O4S. The topological polar surface area (TPSA) is 86.8 Å². The lowest BCUT2D eigenvalue weighted by molar-refractivity contribution is -0.135. The summed E-state index contributed by atoms with van der Waals surface area (Å²) in [6, 6.07) is 4.50. The lowest BCUT2D eigenvalue weighted by Crippen LogP contribution is -2.51. The summed E-state index contributed by atoms with van der Waals surface area (Å²) in [6.07, 6.45) is 1.70. The molecule has 1 aromatic carbocycles. The van der Waals surface area contributed by atoms with Crippen molar-refractivity contribution in [1.82, 2.24) is 14.5 Å². The van der Waals surface area contributed by atoms with Crippen LogP contribution in [0, 0.1) is 5.92 Å². The first-order valence-electron chi connectivity index (χ1n) is 9.09. The fourth-order valence-electron chi connectivity index (χ4n) is 2.99. The van der Waals surface area contributed by atoms with E-state index in [1.165, 1.54) is 12.1 Å². The molecule has 1 aromatic rings. The van der Waals surface area contributed by atoms with Gasteiger partial charge in [-0.2, -0.15) is 0 Å². The summed E-state index contributed by atoms with van der Waals surface area (Å²) in [5.41, 5.74) is 0.317. The quantitative estimate of drug-likeness (QED) is 0.730. The Morgan fingerprint density at radius 3 is 2.26 bits per heavy atom. The highest BCUT2D eigenvalue weighted by Crippen LogP contribution is 2.26. The fourth-order valence-corrected chi connectivity index (χ4v) is 4.74. The number of benzene rings is 1. The van der Waals surface area contributed by atoms with Crippen LogP contribution in [0.15, 0.2) is 27.6 Å². The summed E-state index contributed by atoms with van der Waals surface area (Å²) in [7, 11) is -3.62. The molecule has 0 unspecified atom stereocenters. The van der Waals surface area contributed by atoms with E-state index >= 15 is 0 Å². The van der Waals surface area contributed by atoms with Gasteiger partial charge in [-0.25, -0.2) is 13.1 Å². The molecule has 2 aliphatic rings. The van der Waals surface area contributed by atoms with Gasteiger partial charge in [0.05, 0.1) is 10.5 Å². The molecule has 1 saturated heterocycles. The standard InChI is InChI=1S/C18H24BrN3O4S/c1-12(2)17(23)21-7-9-22(10-8-21)18(24)15-11-14(5-6-16(15)19)27(25,26)20-13-3-4-13/h5-6,11-13,20H,3-4,7-10H2,1-2H3. The second kappa shape index (κ2) is 7.89. The first-order chi connectivity index (χ1) is 12.7. The molecule has 2 amide bonds. The van der Waals surface area contributed by atoms with E-state index in [2.05, 4.69) is 20.7 Å². The van der Waals surface area contributed by atoms with Crippen molar-refractivity contribution in [2.45, 2.75) is 37.6 Å². The van der Waals surface area contributed by atoms with Gasteiger partial charge in [-0.1, -0.05) is 13.8 Å². The highest BCUT2D eigenvalue weighted by atomic mass is 79.9. The van der Waals surface area contributed by atoms with E-state index < -0.39 is 10.0 Å². The number of carbonyl (C=O) groups excluding carboxylic acids is 2. The Kier molecular flexibility index (Phi) is 5.93. The zero-order valence-electron chi connectivity index (χ0n) is 15.4. The van der Waals surface area contributed by atoms with Gasteiger partial charge in [-0.3, -0.25) is 9.59 Å². The van der Waals surface area contributed by atoms with E-state index in [4.69, 9.17) is 0 Å². The second-order valence-corrected chi connectivity index (χ2v) is 9.88. The van der Waals surface area contributed by atoms with Crippen LogP contribution < -0.4 is 4.72 Å². The number of nitrogens with zero attached hydrogens (tertiary/aromatic N) is 2. The summed E-state index contributed by atoms with van der Waals surface area (Å²) >= 11 is 3.35. The first kappa shape index (κ1) is 20.3. The van der Waals surface area contributed by atoms with Crippen molar-refractivity contribution >= 4 is 37.8 Å². The van der Waals surface area contributed by atoms with Crippen molar-refractivity contribution in [2.75, 3.05) is 26.2 Å². The number of carbonyl (C=O) groups is 2. The minimum atomic E-state index is -3.62. The molecule has 0 aromatic heterocycles. The zero-order chi connectivity index (χ0) is 19.8. The molecule has 7 nitrogen and oxygen atoms in total. The van der Waals surface area contributed by atoms with Crippen molar-refractivity contribution < 1.29 is 18.0 Å². The van der Waals surface area contributed by atoms with E-state index in [1.807, 2.05) is 13.8 Å². The van der Waals surface area contributed by atoms with E-state index in [-0.39, 0.29) is 28.7 Å². The van der Waals surface area contributed by atoms with Crippen LogP contribution in [0.4, 0.5) is 0 Å². The number of sulfonamides is 1. The number of nitrogens with one attached hydrogen (secondary N) is 1. The van der Waals surface area contributed by atoms with Crippen molar-refractivity contribution in [3.63, 3.8) is 0 Å². The predicted octanol–water partition coefficient (Wildman–Crippen LogP) is 1.83. The van der Waals surface area contributed by atoms with Crippen LogP contribution in [0.3, 0.4) is 0 Å². The molecule has 1 aliphatic heterocycles. The third-order valence-corrected chi connectivity index (χ3v) is 6.96. The molecule has 0 spiro atoms. The smallest absolute Gasteiger partial charge is 0.255 e. The van der Waals surface area contributed by atoms with Gasteiger partial charge in [-0.15, -0.1) is 0 Å². The number of hydrogen-bond acceptors (Lipinski definition) is 4. The molecule has 3 rings (SSSR count). The molecular weight excluding hydrogens is 434 g/mol. The molecule has 1 heterocycles. The van der Waals surface area contributed by atoms with Crippen LogP contribution in [0.1, 0.15) is 37.0 Å². The Bertz CT molecular complexity index is 844. The SMILES string of the molecule is CC(C)C(=O)N1CCN(C(=O)c2cc(S(=O)(=O)NC3CC3)ccc2Br)CC1. The van der Waals surface area contributed by atoms with Crippen molar-refractivity contribution in [1.29, 1.82) is 0 Å². The van der Waals surface area contributed by atoms with Crippen LogP contribution in [0.2, 0.25) is 0 Å². The van der Waals surface area contributed by atoms with E-state index in [0.717, 1.165) is 12.8 Å². The third-order valence-electron chi connectivity index (χ3n) is 4.75. The molecule has 148 valence electrons. The fraction of sp³-hybridized carbons (Fsp3) is 0.556. The van der Waals surface area contributed by atoms with E-state index in [9.17, 15) is 18.0 Å². The molecule has 1 aliphatic carbocycles. The van der Waals surface area contributed by atoms with Crippen LogP contribution >= 0.6 is 15.9 Å². The van der Waals surface area contributed by atoms with Gasteiger partial charge < -0.3 is 9.80 Å². The molecule has 0 atom stereocenters. The monoisotopic (exact) mass is 457 g/mol. The lowest BCUT2D eigenvalue weighted by atomic mass is 10.1. The predicted molar refractivity (Wildman–Crippen MR) is 105 cm³/mol. The number of halogens is 1. The van der Waals surface area contributed by atoms with Crippen LogP contribution in [-0.4, -0.2) is 62.3 Å². The molecule has 1 saturated carbocycles. The minimum absolute atomic E-state index is 0.00405. The molecule has 9 heteroatoms. The molecule has 2 fully saturated rings. The maximum Gasteiger partial charge on any atom is 0.255 e. The number of hydrogen-bond donors (Lipinski definition) is 1. The first-order valence-corrected chi connectivity index (χ1v) is 11.4. The van der Waals surface area contributed by atoms with Crippen LogP contribution in [0.5, 0.6) is 0 Å². The Labute approximate surface area is 168 Å². The van der Waals surface area contributed by atoms with Gasteiger partial charge in [-0.05, 0) is 47.0 Å². The second-order valence-electron chi connectivity index (χ2n) is 7.31. The highest BCUT2D eigenvalue weighted by Gasteiger charge is 2.30.